The average Bonchev–Trinajstić information content (AvgIpc) is 2.60. The maximum absolute atomic E-state index is 10.0. The highest BCUT2D eigenvalue weighted by atomic mass is 16.3. The van der Waals surface area contributed by atoms with Crippen LogP contribution in [0.5, 0.6) is 0 Å². The van der Waals surface area contributed by atoms with Crippen LogP contribution in [0, 0.1) is 6.92 Å². The first-order valence-corrected chi connectivity index (χ1v) is 5.32. The fourth-order valence-corrected chi connectivity index (χ4v) is 2.27. The molecule has 15 heavy (non-hydrogen) atoms. The number of aliphatic hydroxyl groups excluding tert-OH is 2. The van der Waals surface area contributed by atoms with Crippen molar-refractivity contribution in [3.8, 4) is 0 Å². The molecule has 0 bridgehead atoms. The number of aliphatic hydroxyl groups is 2. The number of benzene rings is 1. The van der Waals surface area contributed by atoms with E-state index in [1.165, 1.54) is 11.1 Å². The van der Waals surface area contributed by atoms with Gasteiger partial charge in [0, 0.05) is 12.5 Å². The molecule has 2 rings (SSSR count). The van der Waals surface area contributed by atoms with Crippen molar-refractivity contribution >= 4 is 0 Å². The van der Waals surface area contributed by atoms with Crippen molar-refractivity contribution in [2.75, 3.05) is 13.2 Å². The molecule has 0 unspecified atom stereocenters. The molecule has 3 nitrogen and oxygen atoms in total. The second-order valence-corrected chi connectivity index (χ2v) is 4.15. The Morgan fingerprint density at radius 1 is 1.40 bits per heavy atom. The van der Waals surface area contributed by atoms with Gasteiger partial charge in [0.15, 0.2) is 0 Å². The molecule has 0 radical (unpaired) electrons. The van der Waals surface area contributed by atoms with Crippen molar-refractivity contribution in [1.29, 1.82) is 0 Å². The normalized spacial score (nSPS) is 30.7. The molecule has 0 amide bonds. The minimum absolute atomic E-state index is 0.0104. The average molecular weight is 207 g/mol. The molecule has 1 aliphatic heterocycles. The molecule has 0 spiro atoms. The highest BCUT2D eigenvalue weighted by Gasteiger charge is 2.35. The van der Waals surface area contributed by atoms with Crippen LogP contribution in [-0.4, -0.2) is 35.5 Å². The van der Waals surface area contributed by atoms with Crippen LogP contribution in [0.25, 0.3) is 0 Å². The van der Waals surface area contributed by atoms with Gasteiger partial charge in [-0.15, -0.1) is 0 Å². The summed E-state index contributed by atoms with van der Waals surface area (Å²) in [7, 11) is 0. The van der Waals surface area contributed by atoms with Crippen LogP contribution in [0.2, 0.25) is 0 Å². The van der Waals surface area contributed by atoms with E-state index in [4.69, 9.17) is 5.11 Å². The van der Waals surface area contributed by atoms with E-state index in [0.717, 1.165) is 6.54 Å². The third kappa shape index (κ3) is 1.91. The Morgan fingerprint density at radius 3 is 2.73 bits per heavy atom. The molecule has 1 aromatic carbocycles. The maximum atomic E-state index is 10.0. The zero-order chi connectivity index (χ0) is 10.8. The minimum Gasteiger partial charge on any atom is -0.395 e. The maximum Gasteiger partial charge on any atom is 0.0796 e. The van der Waals surface area contributed by atoms with E-state index >= 15 is 0 Å². The number of hydrogen-bond donors (Lipinski definition) is 3. The molecule has 1 aromatic rings. The van der Waals surface area contributed by atoms with Gasteiger partial charge in [0.05, 0.1) is 18.8 Å². The molecule has 0 aliphatic carbocycles. The van der Waals surface area contributed by atoms with E-state index in [1.807, 2.05) is 31.2 Å². The van der Waals surface area contributed by atoms with Gasteiger partial charge >= 0.3 is 0 Å². The van der Waals surface area contributed by atoms with Gasteiger partial charge in [0.1, 0.15) is 0 Å². The van der Waals surface area contributed by atoms with E-state index in [2.05, 4.69) is 5.32 Å². The molecular formula is C12H17NO2. The van der Waals surface area contributed by atoms with E-state index in [0.29, 0.717) is 0 Å². The summed E-state index contributed by atoms with van der Waals surface area (Å²) >= 11 is 0. The van der Waals surface area contributed by atoms with Gasteiger partial charge in [-0.2, -0.15) is 0 Å². The molecular weight excluding hydrogens is 190 g/mol. The Morgan fingerprint density at radius 2 is 2.13 bits per heavy atom. The fourth-order valence-electron chi connectivity index (χ4n) is 2.27. The van der Waals surface area contributed by atoms with Crippen molar-refractivity contribution in [3.05, 3.63) is 35.4 Å². The predicted molar refractivity (Wildman–Crippen MR) is 58.8 cm³/mol. The van der Waals surface area contributed by atoms with Gasteiger partial charge < -0.3 is 15.5 Å². The van der Waals surface area contributed by atoms with Crippen LogP contribution in [0.4, 0.5) is 0 Å². The lowest BCUT2D eigenvalue weighted by Gasteiger charge is -2.18. The van der Waals surface area contributed by atoms with Gasteiger partial charge in [0.2, 0.25) is 0 Å². The standard InChI is InChI=1S/C12H17NO2/c1-8-4-2-3-5-9(8)10-6-13-11(7-14)12(10)15/h2-5,10-15H,6-7H2,1H3/t10-,11-,12-/m1/s1. The zero-order valence-corrected chi connectivity index (χ0v) is 8.85. The van der Waals surface area contributed by atoms with E-state index in [1.54, 1.807) is 0 Å². The second-order valence-electron chi connectivity index (χ2n) is 4.15. The van der Waals surface area contributed by atoms with Gasteiger partial charge in [-0.25, -0.2) is 0 Å². The SMILES string of the molecule is Cc1ccccc1[C@H]1CN[C@H](CO)[C@@H]1O. The third-order valence-corrected chi connectivity index (χ3v) is 3.21. The summed E-state index contributed by atoms with van der Waals surface area (Å²) in [4.78, 5) is 0. The van der Waals surface area contributed by atoms with Gasteiger partial charge in [0.25, 0.3) is 0 Å². The summed E-state index contributed by atoms with van der Waals surface area (Å²) in [5.74, 6) is 0.100. The van der Waals surface area contributed by atoms with Gasteiger partial charge in [-0.1, -0.05) is 24.3 Å². The lowest BCUT2D eigenvalue weighted by molar-refractivity contribution is 0.109. The molecule has 1 heterocycles. The third-order valence-electron chi connectivity index (χ3n) is 3.21. The Labute approximate surface area is 89.8 Å². The summed E-state index contributed by atoms with van der Waals surface area (Å²) in [6, 6.07) is 7.90. The first-order valence-electron chi connectivity index (χ1n) is 5.32. The molecule has 3 heteroatoms. The quantitative estimate of drug-likeness (QED) is 0.658. The van der Waals surface area contributed by atoms with Crippen molar-refractivity contribution in [1.82, 2.24) is 5.32 Å². The highest BCUT2D eigenvalue weighted by molar-refractivity contribution is 5.31. The predicted octanol–water partition coefficient (Wildman–Crippen LogP) is 0.404. The Balaban J connectivity index is 2.22. The van der Waals surface area contributed by atoms with Gasteiger partial charge in [-0.05, 0) is 18.1 Å². The van der Waals surface area contributed by atoms with Gasteiger partial charge in [-0.3, -0.25) is 0 Å². The monoisotopic (exact) mass is 207 g/mol. The Kier molecular flexibility index (Phi) is 3.05. The number of nitrogens with one attached hydrogen (secondary N) is 1. The number of rotatable bonds is 2. The molecule has 1 fully saturated rings. The van der Waals surface area contributed by atoms with E-state index in [-0.39, 0.29) is 18.6 Å². The van der Waals surface area contributed by atoms with Crippen LogP contribution >= 0.6 is 0 Å². The highest BCUT2D eigenvalue weighted by Crippen LogP contribution is 2.28. The second kappa shape index (κ2) is 4.31. The van der Waals surface area contributed by atoms with E-state index < -0.39 is 6.10 Å². The summed E-state index contributed by atoms with van der Waals surface area (Å²) in [6.07, 6.45) is -0.490. The van der Waals surface area contributed by atoms with Crippen molar-refractivity contribution in [2.45, 2.75) is 25.0 Å². The first kappa shape index (κ1) is 10.6. The lowest BCUT2D eigenvalue weighted by Crippen LogP contribution is -2.34. The van der Waals surface area contributed by atoms with Crippen LogP contribution in [0.1, 0.15) is 17.0 Å². The lowest BCUT2D eigenvalue weighted by atomic mass is 9.90. The van der Waals surface area contributed by atoms with Crippen LogP contribution < -0.4 is 5.32 Å². The largest absolute Gasteiger partial charge is 0.395 e. The summed E-state index contributed by atoms with van der Waals surface area (Å²) < 4.78 is 0. The molecule has 82 valence electrons. The minimum atomic E-state index is -0.490. The summed E-state index contributed by atoms with van der Waals surface area (Å²) in [5.41, 5.74) is 2.37. The molecule has 3 atom stereocenters. The number of hydrogen-bond acceptors (Lipinski definition) is 3. The van der Waals surface area contributed by atoms with Crippen LogP contribution in [-0.2, 0) is 0 Å². The fraction of sp³-hybridized carbons (Fsp3) is 0.500. The Bertz CT molecular complexity index is 340. The molecule has 0 saturated carbocycles. The topological polar surface area (TPSA) is 52.5 Å². The molecule has 3 N–H and O–H groups in total. The molecule has 1 aliphatic rings. The Hall–Kier alpha value is -0.900. The van der Waals surface area contributed by atoms with Crippen LogP contribution in [0.3, 0.4) is 0 Å². The number of aryl methyl sites for hydroxylation is 1. The molecule has 0 aromatic heterocycles. The van der Waals surface area contributed by atoms with Crippen molar-refractivity contribution in [3.63, 3.8) is 0 Å². The molecule has 1 saturated heterocycles. The zero-order valence-electron chi connectivity index (χ0n) is 8.85. The first-order chi connectivity index (χ1) is 7.24. The van der Waals surface area contributed by atoms with Crippen molar-refractivity contribution < 1.29 is 10.2 Å². The van der Waals surface area contributed by atoms with Crippen molar-refractivity contribution in [2.24, 2.45) is 0 Å². The smallest absolute Gasteiger partial charge is 0.0796 e. The van der Waals surface area contributed by atoms with E-state index in [9.17, 15) is 5.11 Å². The summed E-state index contributed by atoms with van der Waals surface area (Å²) in [5, 5.41) is 22.2. The van der Waals surface area contributed by atoms with Crippen LogP contribution in [0.15, 0.2) is 24.3 Å². The summed E-state index contributed by atoms with van der Waals surface area (Å²) in [6.45, 7) is 2.77.